The zero-order valence-electron chi connectivity index (χ0n) is 26.3. The lowest BCUT2D eigenvalue weighted by atomic mass is 9.91. The molecule has 0 bridgehead atoms. The molecule has 0 saturated heterocycles. The van der Waals surface area contributed by atoms with Gasteiger partial charge in [0, 0.05) is 22.1 Å². The number of nitrogens with zero attached hydrogens (tertiary/aromatic N) is 1. The molecule has 2 heteroatoms. The fourth-order valence-corrected chi connectivity index (χ4v) is 6.89. The van der Waals surface area contributed by atoms with Crippen molar-refractivity contribution in [2.45, 2.75) is 0 Å². The number of hydrogen-bond donors (Lipinski definition) is 0. The van der Waals surface area contributed by atoms with E-state index in [4.69, 9.17) is 4.42 Å². The molecule has 0 aliphatic heterocycles. The molecule has 0 aliphatic rings. The molecule has 0 radical (unpaired) electrons. The topological polar surface area (TPSA) is 16.4 Å². The third-order valence-corrected chi connectivity index (χ3v) is 9.26. The van der Waals surface area contributed by atoms with Gasteiger partial charge in [0.1, 0.15) is 5.58 Å². The van der Waals surface area contributed by atoms with Crippen molar-refractivity contribution in [2.24, 2.45) is 0 Å². The monoisotopic (exact) mass is 613 g/mol. The molecule has 0 fully saturated rings. The molecule has 48 heavy (non-hydrogen) atoms. The Bertz CT molecular complexity index is 2530. The molecule has 2 nitrogen and oxygen atoms in total. The van der Waals surface area contributed by atoms with E-state index in [9.17, 15) is 0 Å². The summed E-state index contributed by atoms with van der Waals surface area (Å²) in [4.78, 5) is 2.31. The Morgan fingerprint density at radius 3 is 1.48 bits per heavy atom. The number of anilines is 3. The maximum absolute atomic E-state index is 6.56. The van der Waals surface area contributed by atoms with E-state index in [-0.39, 0.29) is 0 Å². The number of fused-ring (bicyclic) bond motifs is 4. The van der Waals surface area contributed by atoms with E-state index in [0.717, 1.165) is 39.0 Å². The molecule has 0 saturated carbocycles. The highest BCUT2D eigenvalue weighted by Gasteiger charge is 2.20. The molecule has 1 heterocycles. The van der Waals surface area contributed by atoms with Gasteiger partial charge in [-0.3, -0.25) is 0 Å². The molecule has 0 aliphatic carbocycles. The van der Waals surface area contributed by atoms with Gasteiger partial charge in [-0.05, 0) is 92.7 Å². The predicted molar refractivity (Wildman–Crippen MR) is 202 cm³/mol. The van der Waals surface area contributed by atoms with Gasteiger partial charge >= 0.3 is 0 Å². The largest absolute Gasteiger partial charge is 0.454 e. The molecule has 0 N–H and O–H groups in total. The summed E-state index contributed by atoms with van der Waals surface area (Å²) in [5.41, 5.74) is 12.1. The van der Waals surface area contributed by atoms with Crippen LogP contribution in [-0.4, -0.2) is 0 Å². The highest BCUT2D eigenvalue weighted by molar-refractivity contribution is 6.10. The average Bonchev–Trinajstić information content (AvgIpc) is 3.55. The van der Waals surface area contributed by atoms with E-state index >= 15 is 0 Å². The van der Waals surface area contributed by atoms with Crippen molar-refractivity contribution in [2.75, 3.05) is 4.90 Å². The summed E-state index contributed by atoms with van der Waals surface area (Å²) in [6.45, 7) is 0. The van der Waals surface area contributed by atoms with E-state index in [0.29, 0.717) is 0 Å². The second-order valence-electron chi connectivity index (χ2n) is 12.2. The summed E-state index contributed by atoms with van der Waals surface area (Å²) in [6, 6.07) is 66.9. The Hall–Kier alpha value is -6.38. The SMILES string of the molecule is c1ccc(-c2ccc(N(c3ccc(-c4cc5ccccc5cc4-c4ccccc4)cc3)c3cccc4c3oc3ccccc34)cc2)cc1. The van der Waals surface area contributed by atoms with E-state index in [1.54, 1.807) is 0 Å². The van der Waals surface area contributed by atoms with Crippen LogP contribution >= 0.6 is 0 Å². The average molecular weight is 614 g/mol. The predicted octanol–water partition coefficient (Wildman–Crippen LogP) is 13.2. The Kier molecular flexibility index (Phi) is 6.84. The van der Waals surface area contributed by atoms with Gasteiger partial charge in [0.05, 0.1) is 5.69 Å². The van der Waals surface area contributed by atoms with Gasteiger partial charge in [0.15, 0.2) is 5.58 Å². The summed E-state index contributed by atoms with van der Waals surface area (Å²) in [7, 11) is 0. The van der Waals surface area contributed by atoms with Crippen molar-refractivity contribution in [1.82, 2.24) is 0 Å². The fourth-order valence-electron chi connectivity index (χ4n) is 6.89. The normalized spacial score (nSPS) is 11.3. The van der Waals surface area contributed by atoms with Crippen LogP contribution in [-0.2, 0) is 0 Å². The molecular weight excluding hydrogens is 583 g/mol. The lowest BCUT2D eigenvalue weighted by Gasteiger charge is -2.26. The third kappa shape index (κ3) is 4.92. The minimum absolute atomic E-state index is 0.871. The molecule has 0 amide bonds. The van der Waals surface area contributed by atoms with E-state index in [1.807, 2.05) is 12.1 Å². The van der Waals surface area contributed by atoms with Gasteiger partial charge in [-0.1, -0.05) is 140 Å². The van der Waals surface area contributed by atoms with Gasteiger partial charge in [-0.25, -0.2) is 0 Å². The number of para-hydroxylation sites is 2. The molecule has 226 valence electrons. The van der Waals surface area contributed by atoms with Crippen LogP contribution in [0.25, 0.3) is 66.1 Å². The standard InChI is InChI=1S/C46H31NO/c1-3-12-32(13-4-1)33-22-26-38(27-23-33)47(44-20-11-19-41-40-18-9-10-21-45(40)48-46(41)44)39-28-24-35(25-29-39)43-31-37-17-8-7-16-36(37)30-42(43)34-14-5-2-6-15-34/h1-31H. The van der Waals surface area contributed by atoms with Gasteiger partial charge < -0.3 is 9.32 Å². The van der Waals surface area contributed by atoms with Crippen LogP contribution < -0.4 is 4.90 Å². The van der Waals surface area contributed by atoms with Crippen molar-refractivity contribution in [3.05, 3.63) is 188 Å². The Balaban J connectivity index is 1.20. The van der Waals surface area contributed by atoms with Crippen LogP contribution in [0.5, 0.6) is 0 Å². The molecular formula is C46H31NO. The molecule has 0 spiro atoms. The molecule has 9 aromatic rings. The second kappa shape index (κ2) is 11.8. The van der Waals surface area contributed by atoms with Crippen LogP contribution in [0.4, 0.5) is 17.1 Å². The number of furan rings is 1. The van der Waals surface area contributed by atoms with Crippen molar-refractivity contribution < 1.29 is 4.42 Å². The van der Waals surface area contributed by atoms with Crippen LogP contribution in [0.2, 0.25) is 0 Å². The highest BCUT2D eigenvalue weighted by atomic mass is 16.3. The zero-order chi connectivity index (χ0) is 31.9. The summed E-state index contributed by atoms with van der Waals surface area (Å²) in [6.07, 6.45) is 0. The molecule has 9 rings (SSSR count). The quantitative estimate of drug-likeness (QED) is 0.185. The third-order valence-electron chi connectivity index (χ3n) is 9.26. The first kappa shape index (κ1) is 27.9. The second-order valence-corrected chi connectivity index (χ2v) is 12.2. The number of hydrogen-bond acceptors (Lipinski definition) is 2. The van der Waals surface area contributed by atoms with Gasteiger partial charge in [-0.15, -0.1) is 0 Å². The van der Waals surface area contributed by atoms with E-state index < -0.39 is 0 Å². The number of rotatable bonds is 6. The Morgan fingerprint density at radius 2 is 0.833 bits per heavy atom. The maximum atomic E-state index is 6.56. The first-order chi connectivity index (χ1) is 23.8. The molecule has 0 atom stereocenters. The van der Waals surface area contributed by atoms with Crippen molar-refractivity contribution in [1.29, 1.82) is 0 Å². The van der Waals surface area contributed by atoms with E-state index in [2.05, 4.69) is 181 Å². The minimum Gasteiger partial charge on any atom is -0.454 e. The summed E-state index contributed by atoms with van der Waals surface area (Å²) < 4.78 is 6.56. The minimum atomic E-state index is 0.871. The lowest BCUT2D eigenvalue weighted by Crippen LogP contribution is -2.10. The molecule has 0 unspecified atom stereocenters. The highest BCUT2D eigenvalue weighted by Crippen LogP contribution is 2.43. The van der Waals surface area contributed by atoms with Crippen molar-refractivity contribution in [3.8, 4) is 33.4 Å². The Labute approximate surface area is 279 Å². The summed E-state index contributed by atoms with van der Waals surface area (Å²) in [5.74, 6) is 0. The van der Waals surface area contributed by atoms with Crippen LogP contribution in [0.15, 0.2) is 192 Å². The fraction of sp³-hybridized carbons (Fsp3) is 0. The van der Waals surface area contributed by atoms with Crippen LogP contribution in [0.3, 0.4) is 0 Å². The van der Waals surface area contributed by atoms with Crippen molar-refractivity contribution in [3.63, 3.8) is 0 Å². The van der Waals surface area contributed by atoms with Gasteiger partial charge in [-0.2, -0.15) is 0 Å². The van der Waals surface area contributed by atoms with Crippen LogP contribution in [0, 0.1) is 0 Å². The lowest BCUT2D eigenvalue weighted by molar-refractivity contribution is 0.669. The van der Waals surface area contributed by atoms with Gasteiger partial charge in [0.2, 0.25) is 0 Å². The smallest absolute Gasteiger partial charge is 0.159 e. The van der Waals surface area contributed by atoms with Gasteiger partial charge in [0.25, 0.3) is 0 Å². The first-order valence-electron chi connectivity index (χ1n) is 16.3. The van der Waals surface area contributed by atoms with E-state index in [1.165, 1.54) is 44.2 Å². The summed E-state index contributed by atoms with van der Waals surface area (Å²) in [5, 5.41) is 4.69. The van der Waals surface area contributed by atoms with Crippen molar-refractivity contribution >= 4 is 49.8 Å². The molecule has 1 aromatic heterocycles. The Morgan fingerprint density at radius 1 is 0.354 bits per heavy atom. The number of benzene rings is 8. The summed E-state index contributed by atoms with van der Waals surface area (Å²) >= 11 is 0. The molecule has 8 aromatic carbocycles. The maximum Gasteiger partial charge on any atom is 0.159 e. The van der Waals surface area contributed by atoms with Crippen LogP contribution in [0.1, 0.15) is 0 Å². The zero-order valence-corrected chi connectivity index (χ0v) is 26.3. The first-order valence-corrected chi connectivity index (χ1v) is 16.3.